The molecule has 3 atom stereocenters. The lowest BCUT2D eigenvalue weighted by Gasteiger charge is -2.42. The maximum atomic E-state index is 9.74. The zero-order chi connectivity index (χ0) is 12.4. The first kappa shape index (κ1) is 12.2. The van der Waals surface area contributed by atoms with Crippen LogP contribution in [0, 0.1) is 5.92 Å². The lowest BCUT2D eigenvalue weighted by atomic mass is 9.66. The number of rotatable bonds is 4. The van der Waals surface area contributed by atoms with E-state index >= 15 is 0 Å². The zero-order valence-electron chi connectivity index (χ0n) is 10.6. The molecule has 1 aliphatic rings. The van der Waals surface area contributed by atoms with E-state index in [1.54, 1.807) is 14.2 Å². The Morgan fingerprint density at radius 2 is 2.06 bits per heavy atom. The zero-order valence-corrected chi connectivity index (χ0v) is 10.6. The molecule has 3 nitrogen and oxygen atoms in total. The van der Waals surface area contributed by atoms with E-state index in [0.717, 1.165) is 24.3 Å². The molecule has 0 spiro atoms. The van der Waals surface area contributed by atoms with E-state index in [4.69, 9.17) is 9.47 Å². The summed E-state index contributed by atoms with van der Waals surface area (Å²) in [7, 11) is 3.32. The van der Waals surface area contributed by atoms with Gasteiger partial charge in [0.2, 0.25) is 0 Å². The number of aliphatic hydroxyl groups excluding tert-OH is 1. The van der Waals surface area contributed by atoms with Crippen LogP contribution >= 0.6 is 0 Å². The van der Waals surface area contributed by atoms with E-state index in [-0.39, 0.29) is 6.10 Å². The molecule has 0 saturated heterocycles. The minimum absolute atomic E-state index is 0.156. The third kappa shape index (κ3) is 2.12. The Hall–Kier alpha value is -1.22. The van der Waals surface area contributed by atoms with Crippen LogP contribution in [0.1, 0.15) is 31.2 Å². The minimum Gasteiger partial charge on any atom is -0.497 e. The van der Waals surface area contributed by atoms with Crippen molar-refractivity contribution < 1.29 is 14.6 Å². The van der Waals surface area contributed by atoms with Gasteiger partial charge in [-0.3, -0.25) is 0 Å². The summed E-state index contributed by atoms with van der Waals surface area (Å²) in [5.74, 6) is 2.44. The van der Waals surface area contributed by atoms with E-state index in [1.807, 2.05) is 12.1 Å². The standard InChI is InChI=1S/C14H20O3/c1-4-10-12(8-13(10)15)11-6-5-9(16-2)7-14(11)17-3/h5-7,10,12-13,15H,4,8H2,1-3H3. The van der Waals surface area contributed by atoms with Gasteiger partial charge in [-0.05, 0) is 29.9 Å². The largest absolute Gasteiger partial charge is 0.497 e. The van der Waals surface area contributed by atoms with Crippen LogP contribution in [0.4, 0.5) is 0 Å². The van der Waals surface area contributed by atoms with Crippen LogP contribution < -0.4 is 9.47 Å². The summed E-state index contributed by atoms with van der Waals surface area (Å²) >= 11 is 0. The van der Waals surface area contributed by atoms with Crippen molar-refractivity contribution in [2.24, 2.45) is 5.92 Å². The van der Waals surface area contributed by atoms with Gasteiger partial charge in [0.05, 0.1) is 20.3 Å². The highest BCUT2D eigenvalue weighted by Gasteiger charge is 2.40. The molecule has 1 saturated carbocycles. The first-order chi connectivity index (χ1) is 8.21. The van der Waals surface area contributed by atoms with Crippen molar-refractivity contribution in [1.82, 2.24) is 0 Å². The van der Waals surface area contributed by atoms with Crippen molar-refractivity contribution in [2.75, 3.05) is 14.2 Å². The summed E-state index contributed by atoms with van der Waals surface area (Å²) in [6.45, 7) is 2.12. The van der Waals surface area contributed by atoms with Gasteiger partial charge in [0.1, 0.15) is 11.5 Å². The molecular formula is C14H20O3. The van der Waals surface area contributed by atoms with Crippen molar-refractivity contribution in [3.63, 3.8) is 0 Å². The lowest BCUT2D eigenvalue weighted by Crippen LogP contribution is -2.39. The summed E-state index contributed by atoms with van der Waals surface area (Å²) in [5.41, 5.74) is 1.19. The predicted molar refractivity (Wildman–Crippen MR) is 66.7 cm³/mol. The Morgan fingerprint density at radius 3 is 2.59 bits per heavy atom. The van der Waals surface area contributed by atoms with Crippen LogP contribution in [0.15, 0.2) is 18.2 Å². The normalized spacial score (nSPS) is 27.4. The van der Waals surface area contributed by atoms with Crippen LogP contribution in [-0.4, -0.2) is 25.4 Å². The third-order valence-electron chi connectivity index (χ3n) is 3.82. The molecule has 0 aliphatic heterocycles. The molecule has 17 heavy (non-hydrogen) atoms. The number of methoxy groups -OCH3 is 2. The predicted octanol–water partition coefficient (Wildman–Crippen LogP) is 2.58. The molecule has 1 aromatic rings. The fourth-order valence-electron chi connectivity index (χ4n) is 2.72. The summed E-state index contributed by atoms with van der Waals surface area (Å²) in [5, 5.41) is 9.74. The number of ether oxygens (including phenoxy) is 2. The molecule has 1 aliphatic carbocycles. The Morgan fingerprint density at radius 1 is 1.29 bits per heavy atom. The molecule has 1 N–H and O–H groups in total. The van der Waals surface area contributed by atoms with Crippen molar-refractivity contribution in [3.05, 3.63) is 23.8 Å². The van der Waals surface area contributed by atoms with Gasteiger partial charge in [-0.15, -0.1) is 0 Å². The van der Waals surface area contributed by atoms with Gasteiger partial charge < -0.3 is 14.6 Å². The second-order valence-electron chi connectivity index (χ2n) is 4.59. The van der Waals surface area contributed by atoms with Gasteiger partial charge >= 0.3 is 0 Å². The van der Waals surface area contributed by atoms with Crippen molar-refractivity contribution in [1.29, 1.82) is 0 Å². The van der Waals surface area contributed by atoms with Gasteiger partial charge in [0.25, 0.3) is 0 Å². The summed E-state index contributed by atoms with van der Waals surface area (Å²) < 4.78 is 10.6. The van der Waals surface area contributed by atoms with Gasteiger partial charge in [-0.2, -0.15) is 0 Å². The van der Waals surface area contributed by atoms with E-state index in [0.29, 0.717) is 11.8 Å². The maximum absolute atomic E-state index is 9.74. The Labute approximate surface area is 102 Å². The molecule has 94 valence electrons. The number of benzene rings is 1. The Bertz CT molecular complexity index is 389. The average Bonchev–Trinajstić information content (AvgIpc) is 2.35. The molecule has 0 amide bonds. The van der Waals surface area contributed by atoms with Crippen LogP contribution in [0.5, 0.6) is 11.5 Å². The molecule has 0 radical (unpaired) electrons. The fourth-order valence-corrected chi connectivity index (χ4v) is 2.72. The molecule has 0 aromatic heterocycles. The third-order valence-corrected chi connectivity index (χ3v) is 3.82. The van der Waals surface area contributed by atoms with Crippen molar-refractivity contribution in [3.8, 4) is 11.5 Å². The molecule has 1 fully saturated rings. The Balaban J connectivity index is 2.26. The summed E-state index contributed by atoms with van der Waals surface area (Å²) in [6, 6.07) is 5.92. The molecule has 0 heterocycles. The SMILES string of the molecule is CCC1C(O)CC1c1ccc(OC)cc1OC. The smallest absolute Gasteiger partial charge is 0.126 e. The molecule has 1 aromatic carbocycles. The Kier molecular flexibility index (Phi) is 3.57. The monoisotopic (exact) mass is 236 g/mol. The summed E-state index contributed by atoms with van der Waals surface area (Å²) in [6.07, 6.45) is 1.68. The minimum atomic E-state index is -0.156. The van der Waals surface area contributed by atoms with Crippen LogP contribution in [0.3, 0.4) is 0 Å². The van der Waals surface area contributed by atoms with E-state index in [9.17, 15) is 5.11 Å². The van der Waals surface area contributed by atoms with E-state index < -0.39 is 0 Å². The molecule has 2 rings (SSSR count). The second kappa shape index (κ2) is 4.96. The molecule has 0 bridgehead atoms. The molecule has 3 heteroatoms. The van der Waals surface area contributed by atoms with Gasteiger partial charge in [-0.1, -0.05) is 19.4 Å². The number of hydrogen-bond acceptors (Lipinski definition) is 3. The highest BCUT2D eigenvalue weighted by Crippen LogP contribution is 2.47. The average molecular weight is 236 g/mol. The fraction of sp³-hybridized carbons (Fsp3) is 0.571. The second-order valence-corrected chi connectivity index (χ2v) is 4.59. The van der Waals surface area contributed by atoms with Crippen LogP contribution in [0.2, 0.25) is 0 Å². The molecular weight excluding hydrogens is 216 g/mol. The quantitative estimate of drug-likeness (QED) is 0.873. The lowest BCUT2D eigenvalue weighted by molar-refractivity contribution is -0.00142. The van der Waals surface area contributed by atoms with E-state index in [1.165, 1.54) is 5.56 Å². The van der Waals surface area contributed by atoms with Gasteiger partial charge in [0, 0.05) is 6.07 Å². The highest BCUT2D eigenvalue weighted by atomic mass is 16.5. The first-order valence-electron chi connectivity index (χ1n) is 6.11. The van der Waals surface area contributed by atoms with E-state index in [2.05, 4.69) is 13.0 Å². The number of hydrogen-bond donors (Lipinski definition) is 1. The highest BCUT2D eigenvalue weighted by molar-refractivity contribution is 5.44. The van der Waals surface area contributed by atoms with Gasteiger partial charge in [0.15, 0.2) is 0 Å². The first-order valence-corrected chi connectivity index (χ1v) is 6.11. The number of aliphatic hydroxyl groups is 1. The van der Waals surface area contributed by atoms with Crippen molar-refractivity contribution >= 4 is 0 Å². The van der Waals surface area contributed by atoms with Gasteiger partial charge in [-0.25, -0.2) is 0 Å². The van der Waals surface area contributed by atoms with Crippen molar-refractivity contribution in [2.45, 2.75) is 31.8 Å². The molecule has 3 unspecified atom stereocenters. The van der Waals surface area contributed by atoms with Crippen LogP contribution in [0.25, 0.3) is 0 Å². The maximum Gasteiger partial charge on any atom is 0.126 e. The topological polar surface area (TPSA) is 38.7 Å². The summed E-state index contributed by atoms with van der Waals surface area (Å²) in [4.78, 5) is 0. The van der Waals surface area contributed by atoms with Crippen LogP contribution in [-0.2, 0) is 0 Å².